The Kier molecular flexibility index (Phi) is 4.25. The van der Waals surface area contributed by atoms with E-state index in [1.807, 2.05) is 0 Å². The number of carbonyl (C=O) groups is 1. The van der Waals surface area contributed by atoms with E-state index in [9.17, 15) is 13.2 Å². The Hall–Kier alpha value is -1.73. The van der Waals surface area contributed by atoms with Gasteiger partial charge in [-0.3, -0.25) is 4.79 Å². The molecule has 0 atom stereocenters. The number of amides is 1. The second-order valence-corrected chi connectivity index (χ2v) is 8.10. The summed E-state index contributed by atoms with van der Waals surface area (Å²) in [6.45, 7) is 0. The number of fused-ring (bicyclic) bond motifs is 1. The fraction of sp³-hybridized carbons (Fsp3) is 0. The highest BCUT2D eigenvalue weighted by atomic mass is 35.5. The summed E-state index contributed by atoms with van der Waals surface area (Å²) < 4.78 is 26.2. The van der Waals surface area contributed by atoms with Gasteiger partial charge in [0.2, 0.25) is 9.84 Å². The van der Waals surface area contributed by atoms with Crippen LogP contribution in [0, 0.1) is 0 Å². The van der Waals surface area contributed by atoms with E-state index in [4.69, 9.17) is 40.5 Å². The fourth-order valence-electron chi connectivity index (χ4n) is 2.39. The molecule has 0 aliphatic heterocycles. The van der Waals surface area contributed by atoms with E-state index in [1.54, 1.807) is 12.1 Å². The van der Waals surface area contributed by atoms with E-state index in [1.165, 1.54) is 24.3 Å². The molecule has 3 rings (SSSR count). The third-order valence-electron chi connectivity index (χ3n) is 3.41. The van der Waals surface area contributed by atoms with Gasteiger partial charge in [0.1, 0.15) is 10.6 Å². The molecule has 1 amide bonds. The summed E-state index contributed by atoms with van der Waals surface area (Å²) in [7, 11) is -4.17. The molecule has 5 nitrogen and oxygen atoms in total. The van der Waals surface area contributed by atoms with Gasteiger partial charge < -0.3 is 10.7 Å². The van der Waals surface area contributed by atoms with E-state index < -0.39 is 15.7 Å². The molecule has 9 heteroatoms. The number of hydrogen-bond donors (Lipinski definition) is 2. The minimum absolute atomic E-state index is 0.0220. The van der Waals surface area contributed by atoms with Crippen molar-refractivity contribution in [3.8, 4) is 0 Å². The van der Waals surface area contributed by atoms with Crippen LogP contribution in [0.25, 0.3) is 10.9 Å². The van der Waals surface area contributed by atoms with Gasteiger partial charge in [-0.15, -0.1) is 0 Å². The highest BCUT2D eigenvalue weighted by molar-refractivity contribution is 7.92. The van der Waals surface area contributed by atoms with Gasteiger partial charge in [0.25, 0.3) is 5.91 Å². The monoisotopic (exact) mass is 402 g/mol. The second kappa shape index (κ2) is 5.97. The molecule has 124 valence electrons. The van der Waals surface area contributed by atoms with Crippen LogP contribution >= 0.6 is 34.8 Å². The lowest BCUT2D eigenvalue weighted by Crippen LogP contribution is -2.16. The lowest BCUT2D eigenvalue weighted by molar-refractivity contribution is 0.0993. The van der Waals surface area contributed by atoms with Gasteiger partial charge in [-0.2, -0.15) is 0 Å². The van der Waals surface area contributed by atoms with Gasteiger partial charge in [0.15, 0.2) is 0 Å². The van der Waals surface area contributed by atoms with Crippen molar-refractivity contribution in [1.82, 2.24) is 4.98 Å². The highest BCUT2D eigenvalue weighted by Crippen LogP contribution is 2.36. The number of aromatic nitrogens is 1. The highest BCUT2D eigenvalue weighted by Gasteiger charge is 2.30. The lowest BCUT2D eigenvalue weighted by Gasteiger charge is -2.08. The van der Waals surface area contributed by atoms with Crippen LogP contribution in [0.3, 0.4) is 0 Å². The number of aromatic amines is 1. The zero-order valence-electron chi connectivity index (χ0n) is 11.8. The smallest absolute Gasteiger partial charge is 0.266 e. The number of nitrogens with one attached hydrogen (secondary N) is 1. The van der Waals surface area contributed by atoms with Gasteiger partial charge in [0.05, 0.1) is 9.92 Å². The van der Waals surface area contributed by atoms with Crippen LogP contribution in [0.5, 0.6) is 0 Å². The van der Waals surface area contributed by atoms with E-state index in [2.05, 4.69) is 4.98 Å². The maximum Gasteiger partial charge on any atom is 0.266 e. The lowest BCUT2D eigenvalue weighted by atomic mass is 10.2. The zero-order chi connectivity index (χ0) is 17.6. The zero-order valence-corrected chi connectivity index (χ0v) is 14.9. The summed E-state index contributed by atoms with van der Waals surface area (Å²) in [5.74, 6) is -0.918. The number of sulfone groups is 1. The molecule has 0 unspecified atom stereocenters. The van der Waals surface area contributed by atoms with Crippen molar-refractivity contribution in [2.24, 2.45) is 5.73 Å². The van der Waals surface area contributed by atoms with Gasteiger partial charge in [-0.25, -0.2) is 8.42 Å². The molecule has 0 radical (unpaired) electrons. The summed E-state index contributed by atoms with van der Waals surface area (Å²) in [6, 6.07) is 8.60. The third-order valence-corrected chi connectivity index (χ3v) is 6.20. The SMILES string of the molecule is NC(=O)c1[nH]c2ccc(Cl)cc2c1S(=O)(=O)c1cc(Cl)ccc1Cl. The molecule has 0 aliphatic rings. The summed E-state index contributed by atoms with van der Waals surface area (Å²) in [5.41, 5.74) is 5.49. The fourth-order valence-corrected chi connectivity index (χ4v) is 4.92. The standard InChI is InChI=1S/C15H9Cl3N2O3S/c16-7-2-4-11-9(5-7)14(13(20-11)15(19)21)24(22,23)12-6-8(17)1-3-10(12)18/h1-6,20H,(H2,19,21). The molecule has 24 heavy (non-hydrogen) atoms. The second-order valence-electron chi connectivity index (χ2n) is 4.96. The Labute approximate surface area is 152 Å². The number of hydrogen-bond acceptors (Lipinski definition) is 3. The number of carbonyl (C=O) groups excluding carboxylic acids is 1. The van der Waals surface area contributed by atoms with Gasteiger partial charge >= 0.3 is 0 Å². The van der Waals surface area contributed by atoms with Crippen LogP contribution in [0.1, 0.15) is 10.5 Å². The van der Waals surface area contributed by atoms with Crippen molar-refractivity contribution < 1.29 is 13.2 Å². The molecule has 0 bridgehead atoms. The quantitative estimate of drug-likeness (QED) is 0.690. The Morgan fingerprint density at radius 3 is 2.29 bits per heavy atom. The van der Waals surface area contributed by atoms with Crippen LogP contribution < -0.4 is 5.73 Å². The van der Waals surface area contributed by atoms with Crippen molar-refractivity contribution in [2.45, 2.75) is 9.79 Å². The Morgan fingerprint density at radius 1 is 1.00 bits per heavy atom. The molecule has 3 aromatic rings. The van der Waals surface area contributed by atoms with Crippen LogP contribution in [0.15, 0.2) is 46.2 Å². The molecular formula is C15H9Cl3N2O3S. The van der Waals surface area contributed by atoms with Gasteiger partial charge in [-0.1, -0.05) is 34.8 Å². The van der Waals surface area contributed by atoms with E-state index in [0.717, 1.165) is 0 Å². The number of rotatable bonds is 3. The average molecular weight is 404 g/mol. The van der Waals surface area contributed by atoms with Crippen molar-refractivity contribution in [1.29, 1.82) is 0 Å². The Bertz CT molecular complexity index is 1090. The first kappa shape index (κ1) is 17.1. The van der Waals surface area contributed by atoms with Crippen molar-refractivity contribution >= 4 is 61.5 Å². The molecule has 0 saturated heterocycles. The maximum atomic E-state index is 13.1. The predicted molar refractivity (Wildman–Crippen MR) is 93.7 cm³/mol. The molecule has 1 heterocycles. The summed E-state index contributed by atoms with van der Waals surface area (Å²) >= 11 is 17.9. The topological polar surface area (TPSA) is 93.0 Å². The molecule has 0 aliphatic carbocycles. The van der Waals surface area contributed by atoms with Crippen LogP contribution in [0.2, 0.25) is 15.1 Å². The van der Waals surface area contributed by atoms with Crippen molar-refractivity contribution in [3.05, 3.63) is 57.2 Å². The molecule has 2 aromatic carbocycles. The van der Waals surface area contributed by atoms with Crippen LogP contribution in [-0.4, -0.2) is 19.3 Å². The first-order valence-electron chi connectivity index (χ1n) is 6.53. The van der Waals surface area contributed by atoms with Crippen molar-refractivity contribution in [3.63, 3.8) is 0 Å². The molecule has 1 aromatic heterocycles. The Balaban J connectivity index is 2.43. The molecule has 0 fully saturated rings. The van der Waals surface area contributed by atoms with E-state index in [-0.39, 0.29) is 30.9 Å². The number of halogens is 3. The largest absolute Gasteiger partial charge is 0.364 e. The molecule has 3 N–H and O–H groups in total. The van der Waals surface area contributed by atoms with Gasteiger partial charge in [-0.05, 0) is 36.4 Å². The normalized spacial score (nSPS) is 11.8. The molecule has 0 saturated carbocycles. The Morgan fingerprint density at radius 2 is 1.62 bits per heavy atom. The first-order valence-corrected chi connectivity index (χ1v) is 9.14. The summed E-state index contributed by atoms with van der Waals surface area (Å²) in [6.07, 6.45) is 0. The van der Waals surface area contributed by atoms with Gasteiger partial charge in [0, 0.05) is 20.9 Å². The van der Waals surface area contributed by atoms with Crippen LogP contribution in [-0.2, 0) is 9.84 Å². The van der Waals surface area contributed by atoms with Crippen LogP contribution in [0.4, 0.5) is 0 Å². The minimum atomic E-state index is -4.17. The number of benzene rings is 2. The average Bonchev–Trinajstić information content (AvgIpc) is 2.89. The summed E-state index contributed by atoms with van der Waals surface area (Å²) in [5, 5.41) is 0.723. The minimum Gasteiger partial charge on any atom is -0.364 e. The molecular weight excluding hydrogens is 395 g/mol. The van der Waals surface area contributed by atoms with Crippen molar-refractivity contribution in [2.75, 3.05) is 0 Å². The van der Waals surface area contributed by atoms with E-state index in [0.29, 0.717) is 10.5 Å². The summed E-state index contributed by atoms with van der Waals surface area (Å²) in [4.78, 5) is 13.9. The van der Waals surface area contributed by atoms with E-state index >= 15 is 0 Å². The first-order chi connectivity index (χ1) is 11.2. The number of nitrogens with two attached hydrogens (primary N) is 1. The number of H-pyrrole nitrogens is 1. The maximum absolute atomic E-state index is 13.1. The third kappa shape index (κ3) is 2.75. The molecule has 0 spiro atoms. The number of primary amides is 1. The predicted octanol–water partition coefficient (Wildman–Crippen LogP) is 4.06.